The summed E-state index contributed by atoms with van der Waals surface area (Å²) in [6.45, 7) is 14.2. The van der Waals surface area contributed by atoms with Crippen LogP contribution < -0.4 is 25.4 Å². The third-order valence-corrected chi connectivity index (χ3v) is 16.0. The Bertz CT molecular complexity index is 3150. The fourth-order valence-corrected chi connectivity index (χ4v) is 9.85. The smallest absolute Gasteiger partial charge is 0.255 e. The first kappa shape index (κ1) is 54.7. The minimum absolute atomic E-state index is 0.0136. The quantitative estimate of drug-likeness (QED) is 0.0424. The van der Waals surface area contributed by atoms with Gasteiger partial charge >= 0.3 is 0 Å². The lowest BCUT2D eigenvalue weighted by molar-refractivity contribution is -0.116. The zero-order valence-corrected chi connectivity index (χ0v) is 42.8. The SMILES string of the molecule is CCC(C)Oc1ccc(Oc2cc(C=O)c(O)cc2NC(=O)C(CC)S(=O)(=O)c2ccc(C)cc2)cc1.Cc1ccc(C(=O)Nc2cc(Cl)c(NC(=O)C(C)S(=O)(=O)c3ccc(C)c(C)c3)cc2O)cc1. The fraction of sp³-hybridized carbons (Fsp3) is 0.245. The number of nitrogens with one attached hydrogen (secondary N) is 3. The van der Waals surface area contributed by atoms with Crippen LogP contribution in [0.25, 0.3) is 0 Å². The average molecular weight is 1030 g/mol. The number of anilines is 3. The van der Waals surface area contributed by atoms with Gasteiger partial charge in [-0.25, -0.2) is 16.8 Å². The number of aldehydes is 1. The molecule has 6 rings (SSSR count). The number of halogens is 1. The molecular weight excluding hydrogens is 970 g/mol. The van der Waals surface area contributed by atoms with Crippen LogP contribution in [0.1, 0.15) is 83.5 Å². The van der Waals surface area contributed by atoms with Gasteiger partial charge in [0.15, 0.2) is 31.7 Å². The van der Waals surface area contributed by atoms with Crippen molar-refractivity contribution < 1.29 is 55.7 Å². The molecule has 0 aliphatic carbocycles. The maximum absolute atomic E-state index is 13.2. The number of rotatable bonds is 17. The van der Waals surface area contributed by atoms with Crippen molar-refractivity contribution in [3.05, 3.63) is 154 Å². The number of aryl methyl sites for hydroxylation is 4. The molecule has 0 aromatic heterocycles. The van der Waals surface area contributed by atoms with Crippen molar-refractivity contribution in [1.82, 2.24) is 0 Å². The molecule has 0 heterocycles. The van der Waals surface area contributed by atoms with Gasteiger partial charge in [0.25, 0.3) is 5.91 Å². The highest BCUT2D eigenvalue weighted by Crippen LogP contribution is 2.37. The van der Waals surface area contributed by atoms with Crippen molar-refractivity contribution in [3.63, 3.8) is 0 Å². The van der Waals surface area contributed by atoms with Gasteiger partial charge in [-0.3, -0.25) is 19.2 Å². The number of sulfone groups is 2. The molecule has 0 aliphatic heterocycles. The average Bonchev–Trinajstić information content (AvgIpc) is 3.33. The van der Waals surface area contributed by atoms with Crippen molar-refractivity contribution in [3.8, 4) is 28.7 Å². The highest BCUT2D eigenvalue weighted by atomic mass is 35.5. The summed E-state index contributed by atoms with van der Waals surface area (Å²) in [5, 5.41) is 25.4. The van der Waals surface area contributed by atoms with Gasteiger partial charge in [0.05, 0.1) is 43.5 Å². The summed E-state index contributed by atoms with van der Waals surface area (Å²) in [7, 11) is -7.94. The fourth-order valence-electron chi connectivity index (χ4n) is 6.67. The summed E-state index contributed by atoms with van der Waals surface area (Å²) in [6, 6.07) is 29.4. The van der Waals surface area contributed by atoms with E-state index in [9.17, 15) is 46.2 Å². The number of carbonyl (C=O) groups excluding carboxylic acids is 4. The molecule has 6 aromatic rings. The second-order valence-corrected chi connectivity index (χ2v) is 21.6. The third-order valence-electron chi connectivity index (χ3n) is 11.4. The van der Waals surface area contributed by atoms with Crippen LogP contribution in [0.4, 0.5) is 17.1 Å². The molecule has 0 saturated heterocycles. The number of ether oxygens (including phenoxy) is 2. The highest BCUT2D eigenvalue weighted by molar-refractivity contribution is 7.93. The molecule has 0 bridgehead atoms. The summed E-state index contributed by atoms with van der Waals surface area (Å²) in [5.41, 5.74) is 4.04. The maximum atomic E-state index is 13.2. The van der Waals surface area contributed by atoms with Gasteiger partial charge < -0.3 is 35.6 Å². The Labute approximate surface area is 419 Å². The van der Waals surface area contributed by atoms with Crippen LogP contribution in [0.15, 0.2) is 125 Å². The van der Waals surface area contributed by atoms with Crippen molar-refractivity contribution in [1.29, 1.82) is 0 Å². The van der Waals surface area contributed by atoms with E-state index in [0.717, 1.165) is 40.8 Å². The van der Waals surface area contributed by atoms with Crippen molar-refractivity contribution >= 4 is 72.3 Å². The molecule has 0 spiro atoms. The van der Waals surface area contributed by atoms with E-state index in [-0.39, 0.29) is 67.2 Å². The van der Waals surface area contributed by atoms with Crippen LogP contribution in [-0.4, -0.2) is 67.7 Å². The Balaban J connectivity index is 0.000000265. The predicted molar refractivity (Wildman–Crippen MR) is 275 cm³/mol. The maximum Gasteiger partial charge on any atom is 0.255 e. The van der Waals surface area contributed by atoms with E-state index in [4.69, 9.17) is 21.1 Å². The zero-order chi connectivity index (χ0) is 52.4. The van der Waals surface area contributed by atoms with Gasteiger partial charge in [-0.05, 0) is 138 Å². The number of phenolic OH excluding ortho intramolecular Hbond substituents is 2. The highest BCUT2D eigenvalue weighted by Gasteiger charge is 2.34. The molecule has 5 N–H and O–H groups in total. The predicted octanol–water partition coefficient (Wildman–Crippen LogP) is 10.7. The molecule has 0 radical (unpaired) electrons. The van der Waals surface area contributed by atoms with Gasteiger partial charge in [0, 0.05) is 17.7 Å². The first-order valence-electron chi connectivity index (χ1n) is 22.4. The lowest BCUT2D eigenvalue weighted by Gasteiger charge is -2.19. The van der Waals surface area contributed by atoms with E-state index in [1.54, 1.807) is 80.6 Å². The van der Waals surface area contributed by atoms with E-state index < -0.39 is 47.9 Å². The van der Waals surface area contributed by atoms with Crippen LogP contribution in [0, 0.1) is 27.7 Å². The topological polar surface area (TPSA) is 232 Å². The van der Waals surface area contributed by atoms with Gasteiger partial charge in [0.2, 0.25) is 11.8 Å². The van der Waals surface area contributed by atoms with Crippen molar-refractivity contribution in [2.75, 3.05) is 16.0 Å². The molecular formula is C53H56ClN3O12S2. The summed E-state index contributed by atoms with van der Waals surface area (Å²) in [6.07, 6.45) is 1.37. The van der Waals surface area contributed by atoms with E-state index in [1.165, 1.54) is 43.3 Å². The number of aromatic hydroxyl groups is 2. The van der Waals surface area contributed by atoms with Crippen LogP contribution in [0.3, 0.4) is 0 Å². The lowest BCUT2D eigenvalue weighted by Crippen LogP contribution is -2.34. The number of hydrogen-bond donors (Lipinski definition) is 5. The van der Waals surface area contributed by atoms with Gasteiger partial charge in [-0.1, -0.05) is 66.9 Å². The molecule has 3 amide bonds. The molecule has 3 atom stereocenters. The standard InChI is InChI=1S/C28H31NO7S.C25H25ClN2O5S/c1-5-19(4)35-21-9-11-22(12-10-21)36-26-15-20(17-30)25(31)16-24(26)29-28(32)27(6-2)37(33,34)23-13-7-18(3)8-14-23;1-14-5-8-18(9-6-14)25(31)28-22-12-20(26)21(13-23(22)29)27-24(30)17(4)34(32,33)19-10-7-15(2)16(3)11-19/h7-17,19,27,31H,5-6H2,1-4H3,(H,29,32);5-13,17,29H,1-4H3,(H,27,30)(H,28,31). The summed E-state index contributed by atoms with van der Waals surface area (Å²) >= 11 is 6.24. The zero-order valence-electron chi connectivity index (χ0n) is 40.4. The monoisotopic (exact) mass is 1030 g/mol. The third kappa shape index (κ3) is 13.8. The molecule has 3 unspecified atom stereocenters. The number of amides is 3. The second kappa shape index (κ2) is 23.6. The lowest BCUT2D eigenvalue weighted by atomic mass is 10.1. The van der Waals surface area contributed by atoms with E-state index >= 15 is 0 Å². The van der Waals surface area contributed by atoms with Crippen molar-refractivity contribution in [2.24, 2.45) is 0 Å². The minimum Gasteiger partial charge on any atom is -0.507 e. The molecule has 0 aliphatic rings. The Morgan fingerprint density at radius 1 is 0.620 bits per heavy atom. The molecule has 71 heavy (non-hydrogen) atoms. The van der Waals surface area contributed by atoms with Gasteiger partial charge in [-0.15, -0.1) is 0 Å². The van der Waals surface area contributed by atoms with Gasteiger partial charge in [0.1, 0.15) is 33.5 Å². The van der Waals surface area contributed by atoms with Gasteiger partial charge in [-0.2, -0.15) is 0 Å². The Morgan fingerprint density at radius 2 is 1.18 bits per heavy atom. The van der Waals surface area contributed by atoms with Crippen molar-refractivity contribution in [2.45, 2.75) is 94.6 Å². The number of benzene rings is 6. The Morgan fingerprint density at radius 3 is 1.76 bits per heavy atom. The van der Waals surface area contributed by atoms with Crippen LogP contribution in [0.2, 0.25) is 5.02 Å². The molecule has 6 aromatic carbocycles. The summed E-state index contributed by atoms with van der Waals surface area (Å²) in [5.74, 6) is -1.67. The van der Waals surface area contributed by atoms with E-state index in [2.05, 4.69) is 16.0 Å². The summed E-state index contributed by atoms with van der Waals surface area (Å²) < 4.78 is 63.9. The summed E-state index contributed by atoms with van der Waals surface area (Å²) in [4.78, 5) is 49.8. The molecule has 15 nitrogen and oxygen atoms in total. The van der Waals surface area contributed by atoms with E-state index in [1.807, 2.05) is 34.6 Å². The number of carbonyl (C=O) groups is 4. The first-order valence-corrected chi connectivity index (χ1v) is 25.9. The Hall–Kier alpha value is -7.21. The molecule has 18 heteroatoms. The molecule has 0 saturated carbocycles. The molecule has 374 valence electrons. The van der Waals surface area contributed by atoms with Crippen LogP contribution in [-0.2, 0) is 29.3 Å². The largest absolute Gasteiger partial charge is 0.507 e. The Kier molecular flexibility index (Phi) is 18.2. The van der Waals surface area contributed by atoms with E-state index in [0.29, 0.717) is 23.3 Å². The van der Waals surface area contributed by atoms with Crippen LogP contribution in [0.5, 0.6) is 28.7 Å². The molecule has 0 fully saturated rings. The normalized spacial score (nSPS) is 12.5. The number of phenols is 2. The second-order valence-electron chi connectivity index (χ2n) is 16.8. The minimum atomic E-state index is -3.98. The first-order chi connectivity index (χ1) is 33.5. The van der Waals surface area contributed by atoms with Crippen LogP contribution >= 0.6 is 11.6 Å². The number of hydrogen-bond acceptors (Lipinski definition) is 12.